The summed E-state index contributed by atoms with van der Waals surface area (Å²) >= 11 is 0. The third-order valence-corrected chi connectivity index (χ3v) is 2.82. The van der Waals surface area contributed by atoms with E-state index in [9.17, 15) is 4.79 Å². The molecule has 1 atom stereocenters. The number of aryl methyl sites for hydroxylation is 2. The van der Waals surface area contributed by atoms with Gasteiger partial charge in [0, 0.05) is 0 Å². The Bertz CT molecular complexity index is 374. The standard InChI is InChI=1S/C13H19NO2/c1-3-9-5-6-10(4-2)11(7-9)8-12(14)13(15)16/h5-7,12H,3-4,8,14H2,1-2H3,(H,15,16)/t12-/m0/s1. The molecular formula is C13H19NO2. The number of rotatable bonds is 5. The van der Waals surface area contributed by atoms with Gasteiger partial charge in [-0.05, 0) is 36.0 Å². The fraction of sp³-hybridized carbons (Fsp3) is 0.462. The highest BCUT2D eigenvalue weighted by Gasteiger charge is 2.14. The van der Waals surface area contributed by atoms with Crippen LogP contribution in [0.3, 0.4) is 0 Å². The Morgan fingerprint density at radius 1 is 1.31 bits per heavy atom. The first-order valence-corrected chi connectivity index (χ1v) is 5.67. The number of carboxylic acids is 1. The van der Waals surface area contributed by atoms with Crippen LogP contribution in [0.2, 0.25) is 0 Å². The number of hydrogen-bond acceptors (Lipinski definition) is 2. The van der Waals surface area contributed by atoms with Gasteiger partial charge in [-0.3, -0.25) is 4.79 Å². The molecular weight excluding hydrogens is 202 g/mol. The predicted molar refractivity (Wildman–Crippen MR) is 64.5 cm³/mol. The fourth-order valence-electron chi connectivity index (χ4n) is 1.76. The van der Waals surface area contributed by atoms with Gasteiger partial charge in [-0.15, -0.1) is 0 Å². The lowest BCUT2D eigenvalue weighted by atomic mass is 9.96. The predicted octanol–water partition coefficient (Wildman–Crippen LogP) is 1.77. The van der Waals surface area contributed by atoms with Crippen LogP contribution in [0.5, 0.6) is 0 Å². The zero-order chi connectivity index (χ0) is 12.1. The minimum atomic E-state index is -0.941. The molecule has 3 N–H and O–H groups in total. The van der Waals surface area contributed by atoms with E-state index in [4.69, 9.17) is 10.8 Å². The number of carboxylic acid groups (broad SMARTS) is 1. The molecule has 16 heavy (non-hydrogen) atoms. The van der Waals surface area contributed by atoms with Crippen LogP contribution < -0.4 is 5.73 Å². The molecule has 0 spiro atoms. The van der Waals surface area contributed by atoms with Gasteiger partial charge in [-0.25, -0.2) is 0 Å². The van der Waals surface area contributed by atoms with Crippen molar-refractivity contribution in [1.29, 1.82) is 0 Å². The number of carbonyl (C=O) groups is 1. The Balaban J connectivity index is 2.95. The SMILES string of the molecule is CCc1ccc(CC)c(C[C@H](N)C(=O)O)c1. The molecule has 88 valence electrons. The van der Waals surface area contributed by atoms with E-state index >= 15 is 0 Å². The first kappa shape index (κ1) is 12.7. The van der Waals surface area contributed by atoms with E-state index in [2.05, 4.69) is 32.0 Å². The molecule has 0 fully saturated rings. The maximum Gasteiger partial charge on any atom is 0.320 e. The monoisotopic (exact) mass is 221 g/mol. The van der Waals surface area contributed by atoms with Crippen LogP contribution in [-0.4, -0.2) is 17.1 Å². The van der Waals surface area contributed by atoms with Gasteiger partial charge in [0.15, 0.2) is 0 Å². The van der Waals surface area contributed by atoms with Gasteiger partial charge in [-0.1, -0.05) is 32.0 Å². The summed E-state index contributed by atoms with van der Waals surface area (Å²) in [5.74, 6) is -0.941. The van der Waals surface area contributed by atoms with Gasteiger partial charge in [0.2, 0.25) is 0 Å². The van der Waals surface area contributed by atoms with Crippen molar-refractivity contribution in [3.8, 4) is 0 Å². The highest BCUT2D eigenvalue weighted by molar-refractivity contribution is 5.73. The molecule has 3 heteroatoms. The normalized spacial score (nSPS) is 12.4. The van der Waals surface area contributed by atoms with Crippen molar-refractivity contribution in [1.82, 2.24) is 0 Å². The van der Waals surface area contributed by atoms with E-state index in [0.717, 1.165) is 18.4 Å². The summed E-state index contributed by atoms with van der Waals surface area (Å²) in [4.78, 5) is 10.7. The van der Waals surface area contributed by atoms with E-state index in [1.165, 1.54) is 11.1 Å². The number of hydrogen-bond donors (Lipinski definition) is 2. The third-order valence-electron chi connectivity index (χ3n) is 2.82. The molecule has 1 aromatic carbocycles. The number of nitrogens with two attached hydrogens (primary N) is 1. The molecule has 3 nitrogen and oxygen atoms in total. The molecule has 0 amide bonds. The molecule has 0 radical (unpaired) electrons. The zero-order valence-corrected chi connectivity index (χ0v) is 9.86. The summed E-state index contributed by atoms with van der Waals surface area (Å²) in [7, 11) is 0. The van der Waals surface area contributed by atoms with Gasteiger partial charge in [0.05, 0.1) is 0 Å². The first-order valence-electron chi connectivity index (χ1n) is 5.67. The summed E-state index contributed by atoms with van der Waals surface area (Å²) in [5, 5.41) is 8.81. The average Bonchev–Trinajstić information content (AvgIpc) is 2.28. The minimum Gasteiger partial charge on any atom is -0.480 e. The second-order valence-corrected chi connectivity index (χ2v) is 3.96. The van der Waals surface area contributed by atoms with Crippen LogP contribution in [0.4, 0.5) is 0 Å². The van der Waals surface area contributed by atoms with Gasteiger partial charge in [-0.2, -0.15) is 0 Å². The van der Waals surface area contributed by atoms with Crippen molar-refractivity contribution < 1.29 is 9.90 Å². The van der Waals surface area contributed by atoms with Gasteiger partial charge < -0.3 is 10.8 Å². The molecule has 0 saturated heterocycles. The van der Waals surface area contributed by atoms with Crippen LogP contribution in [0.25, 0.3) is 0 Å². The second kappa shape index (κ2) is 5.66. The lowest BCUT2D eigenvalue weighted by molar-refractivity contribution is -0.138. The summed E-state index contributed by atoms with van der Waals surface area (Å²) in [6, 6.07) is 5.43. The van der Waals surface area contributed by atoms with Crippen molar-refractivity contribution in [2.45, 2.75) is 39.2 Å². The molecule has 0 heterocycles. The molecule has 0 aliphatic heterocycles. The van der Waals surface area contributed by atoms with Crippen LogP contribution >= 0.6 is 0 Å². The summed E-state index contributed by atoms with van der Waals surface area (Å²) < 4.78 is 0. The Labute approximate surface area is 96.3 Å². The zero-order valence-electron chi connectivity index (χ0n) is 9.86. The third kappa shape index (κ3) is 3.07. The number of aliphatic carboxylic acids is 1. The lowest BCUT2D eigenvalue weighted by Gasteiger charge is -2.12. The molecule has 0 aliphatic carbocycles. The van der Waals surface area contributed by atoms with E-state index in [0.29, 0.717) is 6.42 Å². The second-order valence-electron chi connectivity index (χ2n) is 3.96. The highest BCUT2D eigenvalue weighted by Crippen LogP contribution is 2.15. The van der Waals surface area contributed by atoms with Crippen LogP contribution in [0.1, 0.15) is 30.5 Å². The lowest BCUT2D eigenvalue weighted by Crippen LogP contribution is -2.32. The minimum absolute atomic E-state index is 0.409. The van der Waals surface area contributed by atoms with E-state index < -0.39 is 12.0 Å². The van der Waals surface area contributed by atoms with Crippen LogP contribution in [0.15, 0.2) is 18.2 Å². The van der Waals surface area contributed by atoms with E-state index in [1.54, 1.807) is 0 Å². The average molecular weight is 221 g/mol. The molecule has 1 rings (SSSR count). The van der Waals surface area contributed by atoms with Crippen molar-refractivity contribution >= 4 is 5.97 Å². The number of benzene rings is 1. The molecule has 1 aromatic rings. The van der Waals surface area contributed by atoms with Crippen molar-refractivity contribution in [2.75, 3.05) is 0 Å². The van der Waals surface area contributed by atoms with E-state index in [1.807, 2.05) is 0 Å². The van der Waals surface area contributed by atoms with E-state index in [-0.39, 0.29) is 0 Å². The molecule has 0 aliphatic rings. The molecule has 0 saturated carbocycles. The largest absolute Gasteiger partial charge is 0.480 e. The maximum absolute atomic E-state index is 10.7. The van der Waals surface area contributed by atoms with Gasteiger partial charge in [0.25, 0.3) is 0 Å². The fourth-order valence-corrected chi connectivity index (χ4v) is 1.76. The molecule has 0 unspecified atom stereocenters. The highest BCUT2D eigenvalue weighted by atomic mass is 16.4. The van der Waals surface area contributed by atoms with Crippen LogP contribution in [0, 0.1) is 0 Å². The van der Waals surface area contributed by atoms with Crippen molar-refractivity contribution in [2.24, 2.45) is 5.73 Å². The van der Waals surface area contributed by atoms with Gasteiger partial charge in [0.1, 0.15) is 6.04 Å². The van der Waals surface area contributed by atoms with Gasteiger partial charge >= 0.3 is 5.97 Å². The first-order chi connectivity index (χ1) is 7.58. The Kier molecular flexibility index (Phi) is 4.50. The Morgan fingerprint density at radius 3 is 2.50 bits per heavy atom. The smallest absolute Gasteiger partial charge is 0.320 e. The maximum atomic E-state index is 10.7. The Hall–Kier alpha value is -1.35. The van der Waals surface area contributed by atoms with Crippen molar-refractivity contribution in [3.63, 3.8) is 0 Å². The topological polar surface area (TPSA) is 63.3 Å². The molecule has 0 aromatic heterocycles. The molecule has 0 bridgehead atoms. The summed E-state index contributed by atoms with van der Waals surface area (Å²) in [5.41, 5.74) is 9.05. The summed E-state index contributed by atoms with van der Waals surface area (Å²) in [6.07, 6.45) is 2.28. The Morgan fingerprint density at radius 2 is 2.00 bits per heavy atom. The van der Waals surface area contributed by atoms with Crippen molar-refractivity contribution in [3.05, 3.63) is 34.9 Å². The summed E-state index contributed by atoms with van der Waals surface area (Å²) in [6.45, 7) is 4.15. The van der Waals surface area contributed by atoms with Crippen LogP contribution in [-0.2, 0) is 24.1 Å². The quantitative estimate of drug-likeness (QED) is 0.796.